The SMILES string of the molecule is Cc1cnccc1NS(=O)(=O)c1ccc(C#CCO)cc1. The minimum absolute atomic E-state index is 0.147. The molecule has 1 aromatic heterocycles. The van der Waals surface area contributed by atoms with Gasteiger partial charge in [0.05, 0.1) is 10.6 Å². The summed E-state index contributed by atoms with van der Waals surface area (Å²) in [4.78, 5) is 4.06. The van der Waals surface area contributed by atoms with Crippen molar-refractivity contribution in [2.75, 3.05) is 11.3 Å². The third kappa shape index (κ3) is 3.81. The number of hydrogen-bond acceptors (Lipinski definition) is 4. The third-order valence-electron chi connectivity index (χ3n) is 2.74. The van der Waals surface area contributed by atoms with Crippen molar-refractivity contribution in [3.05, 3.63) is 53.9 Å². The van der Waals surface area contributed by atoms with Crippen LogP contribution in [-0.4, -0.2) is 25.1 Å². The van der Waals surface area contributed by atoms with Gasteiger partial charge in [0.2, 0.25) is 0 Å². The number of aliphatic hydroxyl groups is 1. The molecule has 0 spiro atoms. The van der Waals surface area contributed by atoms with E-state index in [4.69, 9.17) is 5.11 Å². The Hall–Kier alpha value is -2.36. The van der Waals surface area contributed by atoms with Crippen molar-refractivity contribution in [2.24, 2.45) is 0 Å². The lowest BCUT2D eigenvalue weighted by atomic mass is 10.2. The van der Waals surface area contributed by atoms with Gasteiger partial charge in [-0.2, -0.15) is 0 Å². The fraction of sp³-hybridized carbons (Fsp3) is 0.133. The summed E-state index contributed by atoms with van der Waals surface area (Å²) in [6.45, 7) is 1.54. The number of aromatic nitrogens is 1. The number of aryl methyl sites for hydroxylation is 1. The zero-order chi connectivity index (χ0) is 15.3. The normalized spacial score (nSPS) is 10.6. The van der Waals surface area contributed by atoms with Gasteiger partial charge in [-0.3, -0.25) is 9.71 Å². The number of nitrogens with zero attached hydrogens (tertiary/aromatic N) is 1. The first-order valence-electron chi connectivity index (χ1n) is 6.16. The van der Waals surface area contributed by atoms with Gasteiger partial charge in [-0.25, -0.2) is 8.42 Å². The molecule has 0 saturated heterocycles. The summed E-state index contributed by atoms with van der Waals surface area (Å²) in [5.41, 5.74) is 1.88. The van der Waals surface area contributed by atoms with E-state index >= 15 is 0 Å². The van der Waals surface area contributed by atoms with Crippen molar-refractivity contribution in [1.82, 2.24) is 4.98 Å². The number of pyridine rings is 1. The van der Waals surface area contributed by atoms with Gasteiger partial charge >= 0.3 is 0 Å². The van der Waals surface area contributed by atoms with Gasteiger partial charge < -0.3 is 5.11 Å². The lowest BCUT2D eigenvalue weighted by Crippen LogP contribution is -2.13. The number of rotatable bonds is 3. The molecule has 0 bridgehead atoms. The summed E-state index contributed by atoms with van der Waals surface area (Å²) >= 11 is 0. The number of benzene rings is 1. The molecule has 0 aliphatic carbocycles. The number of anilines is 1. The molecule has 0 amide bonds. The molecular weight excluding hydrogens is 288 g/mol. The summed E-state index contributed by atoms with van der Waals surface area (Å²) in [7, 11) is -3.65. The topological polar surface area (TPSA) is 79.3 Å². The van der Waals surface area contributed by atoms with E-state index in [1.165, 1.54) is 18.3 Å². The van der Waals surface area contributed by atoms with Gasteiger partial charge in [0.15, 0.2) is 0 Å². The maximum atomic E-state index is 12.3. The van der Waals surface area contributed by atoms with Gasteiger partial charge in [0.25, 0.3) is 10.0 Å². The smallest absolute Gasteiger partial charge is 0.261 e. The zero-order valence-electron chi connectivity index (χ0n) is 11.4. The second-order valence-electron chi connectivity index (χ2n) is 4.28. The highest BCUT2D eigenvalue weighted by Crippen LogP contribution is 2.18. The standard InChI is InChI=1S/C15H14N2O3S/c1-12-11-16-9-8-15(12)17-21(19,20)14-6-4-13(5-7-14)3-2-10-18/h4-9,11,18H,10H2,1H3,(H,16,17). The van der Waals surface area contributed by atoms with Crippen LogP contribution >= 0.6 is 0 Å². The van der Waals surface area contributed by atoms with Crippen molar-refractivity contribution in [3.63, 3.8) is 0 Å². The molecule has 0 atom stereocenters. The molecule has 6 heteroatoms. The lowest BCUT2D eigenvalue weighted by Gasteiger charge is -2.10. The third-order valence-corrected chi connectivity index (χ3v) is 4.12. The van der Waals surface area contributed by atoms with Gasteiger partial charge in [-0.05, 0) is 42.8 Å². The predicted octanol–water partition coefficient (Wildman–Crippen LogP) is 1.53. The van der Waals surface area contributed by atoms with Crippen molar-refractivity contribution in [3.8, 4) is 11.8 Å². The van der Waals surface area contributed by atoms with E-state index in [0.29, 0.717) is 11.3 Å². The summed E-state index contributed by atoms with van der Waals surface area (Å²) < 4.78 is 27.1. The van der Waals surface area contributed by atoms with E-state index in [-0.39, 0.29) is 11.5 Å². The Balaban J connectivity index is 2.26. The van der Waals surface area contributed by atoms with Gasteiger partial charge in [0, 0.05) is 18.0 Å². The maximum Gasteiger partial charge on any atom is 0.261 e. The Morgan fingerprint density at radius 2 is 1.95 bits per heavy atom. The van der Waals surface area contributed by atoms with Crippen LogP contribution in [0.5, 0.6) is 0 Å². The van der Waals surface area contributed by atoms with Crippen LogP contribution in [0.4, 0.5) is 5.69 Å². The predicted molar refractivity (Wildman–Crippen MR) is 80.2 cm³/mol. The van der Waals surface area contributed by atoms with Crippen LogP contribution in [0.2, 0.25) is 0 Å². The number of nitrogens with one attached hydrogen (secondary N) is 1. The highest BCUT2D eigenvalue weighted by Gasteiger charge is 2.14. The Morgan fingerprint density at radius 1 is 1.24 bits per heavy atom. The van der Waals surface area contributed by atoms with Crippen LogP contribution in [0.3, 0.4) is 0 Å². The summed E-state index contributed by atoms with van der Waals surface area (Å²) in [6.07, 6.45) is 3.11. The molecule has 0 unspecified atom stereocenters. The fourth-order valence-electron chi connectivity index (χ4n) is 1.65. The van der Waals surface area contributed by atoms with Crippen molar-refractivity contribution >= 4 is 15.7 Å². The quantitative estimate of drug-likeness (QED) is 0.843. The monoisotopic (exact) mass is 302 g/mol. The van der Waals surface area contributed by atoms with Gasteiger partial charge in [0.1, 0.15) is 6.61 Å². The number of aliphatic hydroxyl groups excluding tert-OH is 1. The van der Waals surface area contributed by atoms with Crippen LogP contribution < -0.4 is 4.72 Å². The Labute approximate surface area is 123 Å². The van der Waals surface area contributed by atoms with E-state index in [2.05, 4.69) is 21.5 Å². The average Bonchev–Trinajstić information content (AvgIpc) is 2.48. The molecule has 0 radical (unpaired) electrons. The molecule has 2 N–H and O–H groups in total. The van der Waals surface area contributed by atoms with E-state index in [1.54, 1.807) is 31.3 Å². The largest absolute Gasteiger partial charge is 0.384 e. The molecule has 0 aliphatic rings. The molecule has 2 aromatic rings. The molecule has 1 heterocycles. The van der Waals surface area contributed by atoms with E-state index in [9.17, 15) is 8.42 Å². The van der Waals surface area contributed by atoms with Gasteiger partial charge in [-0.15, -0.1) is 0 Å². The molecule has 21 heavy (non-hydrogen) atoms. The van der Waals surface area contributed by atoms with E-state index in [1.807, 2.05) is 0 Å². The number of hydrogen-bond donors (Lipinski definition) is 2. The molecule has 108 valence electrons. The molecule has 2 rings (SSSR count). The Morgan fingerprint density at radius 3 is 2.57 bits per heavy atom. The van der Waals surface area contributed by atoms with E-state index < -0.39 is 10.0 Å². The van der Waals surface area contributed by atoms with Crippen molar-refractivity contribution in [1.29, 1.82) is 0 Å². The molecule has 0 fully saturated rings. The lowest BCUT2D eigenvalue weighted by molar-refractivity contribution is 0.350. The first kappa shape index (κ1) is 15.0. The van der Waals surface area contributed by atoms with Crippen LogP contribution in [0.15, 0.2) is 47.6 Å². The minimum Gasteiger partial charge on any atom is -0.384 e. The minimum atomic E-state index is -3.65. The maximum absolute atomic E-state index is 12.3. The highest BCUT2D eigenvalue weighted by atomic mass is 32.2. The number of sulfonamides is 1. The van der Waals surface area contributed by atoms with Crippen molar-refractivity contribution < 1.29 is 13.5 Å². The second kappa shape index (κ2) is 6.39. The Kier molecular flexibility index (Phi) is 4.58. The van der Waals surface area contributed by atoms with E-state index in [0.717, 1.165) is 5.56 Å². The van der Waals surface area contributed by atoms with Crippen LogP contribution in [-0.2, 0) is 10.0 Å². The summed E-state index contributed by atoms with van der Waals surface area (Å²) in [5.74, 6) is 5.21. The van der Waals surface area contributed by atoms with Crippen LogP contribution in [0.25, 0.3) is 0 Å². The van der Waals surface area contributed by atoms with Gasteiger partial charge in [-0.1, -0.05) is 11.8 Å². The molecule has 5 nitrogen and oxygen atoms in total. The summed E-state index contributed by atoms with van der Waals surface area (Å²) in [5, 5.41) is 8.62. The van der Waals surface area contributed by atoms with Crippen molar-refractivity contribution in [2.45, 2.75) is 11.8 Å². The molecule has 0 aliphatic heterocycles. The molecule has 1 aromatic carbocycles. The fourth-order valence-corrected chi connectivity index (χ4v) is 2.78. The molecular formula is C15H14N2O3S. The average molecular weight is 302 g/mol. The first-order valence-corrected chi connectivity index (χ1v) is 7.64. The van der Waals surface area contributed by atoms with Crippen LogP contribution in [0, 0.1) is 18.8 Å². The summed E-state index contributed by atoms with van der Waals surface area (Å²) in [6, 6.07) is 7.74. The zero-order valence-corrected chi connectivity index (χ0v) is 12.2. The Bertz CT molecular complexity index is 788. The van der Waals surface area contributed by atoms with Crippen LogP contribution in [0.1, 0.15) is 11.1 Å². The second-order valence-corrected chi connectivity index (χ2v) is 5.96. The molecule has 0 saturated carbocycles. The highest BCUT2D eigenvalue weighted by molar-refractivity contribution is 7.92. The first-order chi connectivity index (χ1) is 10.0.